The number of Topliss-reactive ketones (excluding diaryl/α,β-unsaturated/α-hetero) is 1. The summed E-state index contributed by atoms with van der Waals surface area (Å²) in [5, 5.41) is 11.4. The lowest BCUT2D eigenvalue weighted by Gasteiger charge is -2.06. The number of rotatable bonds is 4. The molecule has 0 heterocycles. The van der Waals surface area contributed by atoms with Gasteiger partial charge < -0.3 is 0 Å². The predicted molar refractivity (Wildman–Crippen MR) is 77.3 cm³/mol. The van der Waals surface area contributed by atoms with Crippen LogP contribution >= 0.6 is 11.6 Å². The predicted octanol–water partition coefficient (Wildman–Crippen LogP) is 3.98. The Morgan fingerprint density at radius 3 is 2.65 bits per heavy atom. The van der Waals surface area contributed by atoms with Gasteiger partial charge in [-0.25, -0.2) is 0 Å². The molecule has 0 spiro atoms. The number of para-hydroxylation sites is 1. The van der Waals surface area contributed by atoms with Crippen molar-refractivity contribution >= 4 is 23.1 Å². The van der Waals surface area contributed by atoms with Gasteiger partial charge in [0.05, 0.1) is 4.92 Å². The Morgan fingerprint density at radius 2 is 1.95 bits per heavy atom. The summed E-state index contributed by atoms with van der Waals surface area (Å²) in [6, 6.07) is 11.3. The summed E-state index contributed by atoms with van der Waals surface area (Å²) in [5.74, 6) is -0.181. The zero-order valence-corrected chi connectivity index (χ0v) is 11.6. The van der Waals surface area contributed by atoms with E-state index in [0.29, 0.717) is 16.1 Å². The molecule has 0 aliphatic carbocycles. The first kappa shape index (κ1) is 14.2. The lowest BCUT2D eigenvalue weighted by Crippen LogP contribution is -2.07. The highest BCUT2D eigenvalue weighted by Gasteiger charge is 2.17. The van der Waals surface area contributed by atoms with Crippen molar-refractivity contribution < 1.29 is 9.72 Å². The number of carbonyl (C=O) groups is 1. The van der Waals surface area contributed by atoms with Crippen molar-refractivity contribution in [1.82, 2.24) is 0 Å². The van der Waals surface area contributed by atoms with Crippen molar-refractivity contribution in [3.05, 3.63) is 74.3 Å². The van der Waals surface area contributed by atoms with Crippen LogP contribution in [0.4, 0.5) is 5.69 Å². The number of nitro benzene ring substituents is 1. The molecule has 0 fully saturated rings. The Kier molecular flexibility index (Phi) is 4.15. The third kappa shape index (κ3) is 3.03. The van der Waals surface area contributed by atoms with E-state index < -0.39 is 4.92 Å². The molecule has 0 aromatic heterocycles. The van der Waals surface area contributed by atoms with Crippen LogP contribution in [0.3, 0.4) is 0 Å². The first-order valence-corrected chi connectivity index (χ1v) is 6.38. The molecule has 5 heteroatoms. The van der Waals surface area contributed by atoms with Gasteiger partial charge in [-0.15, -0.1) is 0 Å². The zero-order chi connectivity index (χ0) is 14.7. The number of halogens is 1. The minimum absolute atomic E-state index is 0.0155. The van der Waals surface area contributed by atoms with Crippen LogP contribution in [0.25, 0.3) is 0 Å². The van der Waals surface area contributed by atoms with Gasteiger partial charge in [0.1, 0.15) is 0 Å². The molecule has 0 aliphatic heterocycles. The summed E-state index contributed by atoms with van der Waals surface area (Å²) in [6.45, 7) is 1.81. The highest BCUT2D eigenvalue weighted by molar-refractivity contribution is 6.31. The van der Waals surface area contributed by atoms with E-state index in [9.17, 15) is 14.9 Å². The Labute approximate surface area is 121 Å². The molecule has 0 bridgehead atoms. The second-order valence-electron chi connectivity index (χ2n) is 4.45. The van der Waals surface area contributed by atoms with Gasteiger partial charge in [-0.1, -0.05) is 35.9 Å². The van der Waals surface area contributed by atoms with E-state index in [1.54, 1.807) is 36.4 Å². The molecular weight excluding hydrogens is 278 g/mol. The molecule has 0 saturated heterocycles. The quantitative estimate of drug-likeness (QED) is 0.486. The van der Waals surface area contributed by atoms with Crippen molar-refractivity contribution in [2.45, 2.75) is 13.3 Å². The van der Waals surface area contributed by atoms with Gasteiger partial charge in [-0.2, -0.15) is 0 Å². The Morgan fingerprint density at radius 1 is 1.25 bits per heavy atom. The van der Waals surface area contributed by atoms with Crippen molar-refractivity contribution in [1.29, 1.82) is 0 Å². The van der Waals surface area contributed by atoms with Gasteiger partial charge in [0.2, 0.25) is 0 Å². The maximum Gasteiger partial charge on any atom is 0.273 e. The highest BCUT2D eigenvalue weighted by atomic mass is 35.5. The van der Waals surface area contributed by atoms with Crippen molar-refractivity contribution in [2.24, 2.45) is 0 Å². The van der Waals surface area contributed by atoms with Crippen molar-refractivity contribution in [2.75, 3.05) is 0 Å². The number of carbonyl (C=O) groups excluding carboxylic acids is 1. The lowest BCUT2D eigenvalue weighted by atomic mass is 9.98. The maximum atomic E-state index is 12.3. The largest absolute Gasteiger partial charge is 0.294 e. The fourth-order valence-electron chi connectivity index (χ4n) is 2.00. The summed E-state index contributed by atoms with van der Waals surface area (Å²) in [7, 11) is 0. The van der Waals surface area contributed by atoms with Crippen LogP contribution < -0.4 is 0 Å². The van der Waals surface area contributed by atoms with E-state index >= 15 is 0 Å². The lowest BCUT2D eigenvalue weighted by molar-refractivity contribution is -0.385. The van der Waals surface area contributed by atoms with Crippen LogP contribution in [0.1, 0.15) is 21.5 Å². The number of benzene rings is 2. The molecule has 0 saturated carbocycles. The minimum Gasteiger partial charge on any atom is -0.294 e. The van der Waals surface area contributed by atoms with Crippen LogP contribution in [-0.4, -0.2) is 10.7 Å². The SMILES string of the molecule is Cc1ccc(Cl)cc1C(=O)Cc1ccccc1[N+](=O)[O-]. The summed E-state index contributed by atoms with van der Waals surface area (Å²) < 4.78 is 0. The van der Waals surface area contributed by atoms with Gasteiger partial charge in [-0.05, 0) is 24.6 Å². The van der Waals surface area contributed by atoms with E-state index in [1.807, 2.05) is 6.92 Å². The van der Waals surface area contributed by atoms with Gasteiger partial charge in [0.15, 0.2) is 5.78 Å². The van der Waals surface area contributed by atoms with Gasteiger partial charge in [0.25, 0.3) is 5.69 Å². The van der Waals surface area contributed by atoms with Crippen LogP contribution in [0.2, 0.25) is 5.02 Å². The molecule has 0 N–H and O–H groups in total. The fourth-order valence-corrected chi connectivity index (χ4v) is 2.17. The van der Waals surface area contributed by atoms with Gasteiger partial charge in [-0.3, -0.25) is 14.9 Å². The van der Waals surface area contributed by atoms with E-state index in [2.05, 4.69) is 0 Å². The molecule has 0 aliphatic rings. The second-order valence-corrected chi connectivity index (χ2v) is 4.88. The third-order valence-electron chi connectivity index (χ3n) is 3.04. The molecule has 102 valence electrons. The first-order valence-electron chi connectivity index (χ1n) is 6.00. The fraction of sp³-hybridized carbons (Fsp3) is 0.133. The van der Waals surface area contributed by atoms with Crippen LogP contribution in [0.15, 0.2) is 42.5 Å². The summed E-state index contributed by atoms with van der Waals surface area (Å²) >= 11 is 5.89. The van der Waals surface area contributed by atoms with E-state index in [0.717, 1.165) is 5.56 Å². The first-order chi connectivity index (χ1) is 9.49. The minimum atomic E-state index is -0.479. The average molecular weight is 290 g/mol. The Balaban J connectivity index is 2.33. The molecule has 0 radical (unpaired) electrons. The molecular formula is C15H12ClNO3. The third-order valence-corrected chi connectivity index (χ3v) is 3.27. The monoisotopic (exact) mass is 289 g/mol. The van der Waals surface area contributed by atoms with E-state index in [1.165, 1.54) is 6.07 Å². The number of hydrogen-bond acceptors (Lipinski definition) is 3. The number of nitro groups is 1. The maximum absolute atomic E-state index is 12.3. The summed E-state index contributed by atoms with van der Waals surface area (Å²) in [6.07, 6.45) is -0.0155. The van der Waals surface area contributed by atoms with Crippen molar-refractivity contribution in [3.8, 4) is 0 Å². The summed E-state index contributed by atoms with van der Waals surface area (Å²) in [5.41, 5.74) is 1.66. The molecule has 2 rings (SSSR count). The normalized spacial score (nSPS) is 10.3. The Hall–Kier alpha value is -2.20. The van der Waals surface area contributed by atoms with Gasteiger partial charge in [0, 0.05) is 28.6 Å². The number of ketones is 1. The molecule has 2 aromatic rings. The Bertz CT molecular complexity index is 683. The number of hydrogen-bond donors (Lipinski definition) is 0. The van der Waals surface area contributed by atoms with Crippen molar-refractivity contribution in [3.63, 3.8) is 0 Å². The van der Waals surface area contributed by atoms with Gasteiger partial charge >= 0.3 is 0 Å². The molecule has 0 amide bonds. The van der Waals surface area contributed by atoms with E-state index in [4.69, 9.17) is 11.6 Å². The number of aryl methyl sites for hydroxylation is 1. The highest BCUT2D eigenvalue weighted by Crippen LogP contribution is 2.22. The van der Waals surface area contributed by atoms with Crippen LogP contribution in [-0.2, 0) is 6.42 Å². The van der Waals surface area contributed by atoms with Crippen LogP contribution in [0.5, 0.6) is 0 Å². The molecule has 20 heavy (non-hydrogen) atoms. The molecule has 4 nitrogen and oxygen atoms in total. The number of nitrogens with zero attached hydrogens (tertiary/aromatic N) is 1. The molecule has 2 aromatic carbocycles. The second kappa shape index (κ2) is 5.84. The van der Waals surface area contributed by atoms with Crippen LogP contribution in [0, 0.1) is 17.0 Å². The van der Waals surface area contributed by atoms with E-state index in [-0.39, 0.29) is 17.9 Å². The smallest absolute Gasteiger partial charge is 0.273 e. The zero-order valence-electron chi connectivity index (χ0n) is 10.8. The average Bonchev–Trinajstić information content (AvgIpc) is 2.41. The molecule has 0 atom stereocenters. The molecule has 0 unspecified atom stereocenters. The summed E-state index contributed by atoms with van der Waals surface area (Å²) in [4.78, 5) is 22.7. The standard InChI is InChI=1S/C15H12ClNO3/c1-10-6-7-12(16)9-13(10)15(18)8-11-4-2-3-5-14(11)17(19)20/h2-7,9H,8H2,1H3. The topological polar surface area (TPSA) is 60.2 Å².